The number of hydrogen-bond acceptors (Lipinski definition) is 4. The quantitative estimate of drug-likeness (QED) is 0.738. The van der Waals surface area contributed by atoms with E-state index >= 15 is 0 Å². The standard InChI is InChI=1S/C18H17Cl2NO5/c1-9(17(21)22)15-12(18(23)24)5-6-14(16(15)25-2)26-8-10-3-4-11(19)7-13(10)20/h3-7,9H,8H2,1-2H3,(H2,21,22)(H,23,24). The van der Waals surface area contributed by atoms with Crippen molar-refractivity contribution in [3.63, 3.8) is 0 Å². The molecule has 138 valence electrons. The van der Waals surface area contributed by atoms with Crippen molar-refractivity contribution in [1.29, 1.82) is 0 Å². The highest BCUT2D eigenvalue weighted by Crippen LogP contribution is 2.39. The number of primary amides is 1. The number of halogens is 2. The Morgan fingerprint density at radius 1 is 1.23 bits per heavy atom. The van der Waals surface area contributed by atoms with Crippen LogP contribution < -0.4 is 15.2 Å². The Bertz CT molecular complexity index is 854. The first-order chi connectivity index (χ1) is 12.3. The maximum absolute atomic E-state index is 11.6. The molecule has 3 N–H and O–H groups in total. The Labute approximate surface area is 160 Å². The first-order valence-electron chi connectivity index (χ1n) is 7.56. The van der Waals surface area contributed by atoms with Crippen LogP contribution in [0, 0.1) is 0 Å². The molecular weight excluding hydrogens is 381 g/mol. The average Bonchev–Trinajstić information content (AvgIpc) is 2.59. The molecule has 0 aliphatic heterocycles. The molecule has 26 heavy (non-hydrogen) atoms. The van der Waals surface area contributed by atoms with E-state index in [2.05, 4.69) is 0 Å². The molecule has 0 aromatic heterocycles. The fraction of sp³-hybridized carbons (Fsp3) is 0.222. The van der Waals surface area contributed by atoms with Crippen LogP contribution in [-0.4, -0.2) is 24.1 Å². The zero-order valence-corrected chi connectivity index (χ0v) is 15.6. The van der Waals surface area contributed by atoms with Crippen LogP contribution in [0.25, 0.3) is 0 Å². The van der Waals surface area contributed by atoms with E-state index in [4.69, 9.17) is 38.4 Å². The molecule has 0 radical (unpaired) electrons. The van der Waals surface area contributed by atoms with Crippen LogP contribution in [-0.2, 0) is 11.4 Å². The van der Waals surface area contributed by atoms with Gasteiger partial charge < -0.3 is 20.3 Å². The van der Waals surface area contributed by atoms with Gasteiger partial charge in [0.2, 0.25) is 5.91 Å². The van der Waals surface area contributed by atoms with Crippen molar-refractivity contribution in [3.8, 4) is 11.5 Å². The lowest BCUT2D eigenvalue weighted by atomic mass is 9.93. The van der Waals surface area contributed by atoms with Crippen molar-refractivity contribution < 1.29 is 24.2 Å². The molecule has 8 heteroatoms. The summed E-state index contributed by atoms with van der Waals surface area (Å²) in [4.78, 5) is 23.1. The van der Waals surface area contributed by atoms with Gasteiger partial charge in [-0.05, 0) is 31.2 Å². The summed E-state index contributed by atoms with van der Waals surface area (Å²) in [7, 11) is 1.36. The van der Waals surface area contributed by atoms with Crippen LogP contribution in [0.3, 0.4) is 0 Å². The van der Waals surface area contributed by atoms with Gasteiger partial charge in [-0.25, -0.2) is 4.79 Å². The molecule has 0 aliphatic carbocycles. The van der Waals surface area contributed by atoms with E-state index in [9.17, 15) is 14.7 Å². The Balaban J connectivity index is 2.44. The molecule has 2 rings (SSSR count). The summed E-state index contributed by atoms with van der Waals surface area (Å²) in [5, 5.41) is 10.3. The predicted octanol–water partition coefficient (Wildman–Crippen LogP) is 3.87. The van der Waals surface area contributed by atoms with Crippen LogP contribution in [0.4, 0.5) is 0 Å². The number of nitrogens with two attached hydrogens (primary N) is 1. The van der Waals surface area contributed by atoms with E-state index < -0.39 is 17.8 Å². The zero-order chi connectivity index (χ0) is 19.4. The van der Waals surface area contributed by atoms with Crippen LogP contribution in [0.1, 0.15) is 34.3 Å². The van der Waals surface area contributed by atoms with Crippen LogP contribution in [0.15, 0.2) is 30.3 Å². The number of ether oxygens (including phenoxy) is 2. The molecule has 6 nitrogen and oxygen atoms in total. The minimum absolute atomic E-state index is 0.0787. The van der Waals surface area contributed by atoms with E-state index in [0.29, 0.717) is 15.6 Å². The lowest BCUT2D eigenvalue weighted by Gasteiger charge is -2.19. The van der Waals surface area contributed by atoms with Gasteiger partial charge in [0.1, 0.15) is 6.61 Å². The molecule has 0 fully saturated rings. The van der Waals surface area contributed by atoms with E-state index in [1.54, 1.807) is 18.2 Å². The van der Waals surface area contributed by atoms with Gasteiger partial charge >= 0.3 is 5.97 Å². The summed E-state index contributed by atoms with van der Waals surface area (Å²) in [6, 6.07) is 7.79. The smallest absolute Gasteiger partial charge is 0.336 e. The summed E-state index contributed by atoms with van der Waals surface area (Å²) >= 11 is 12.0. The molecule has 1 atom stereocenters. The number of hydrogen-bond donors (Lipinski definition) is 2. The van der Waals surface area contributed by atoms with E-state index in [-0.39, 0.29) is 29.2 Å². The molecule has 0 heterocycles. The topological polar surface area (TPSA) is 98.8 Å². The monoisotopic (exact) mass is 397 g/mol. The Hall–Kier alpha value is -2.44. The minimum Gasteiger partial charge on any atom is -0.493 e. The summed E-state index contributed by atoms with van der Waals surface area (Å²) in [5.74, 6) is -2.34. The number of carbonyl (C=O) groups excluding carboxylic acids is 1. The summed E-state index contributed by atoms with van der Waals surface area (Å²) in [6.45, 7) is 1.61. The maximum Gasteiger partial charge on any atom is 0.336 e. The van der Waals surface area contributed by atoms with Crippen LogP contribution in [0.5, 0.6) is 11.5 Å². The molecule has 0 bridgehead atoms. The molecular formula is C18H17Cl2NO5. The van der Waals surface area contributed by atoms with Crippen molar-refractivity contribution in [1.82, 2.24) is 0 Å². The number of carbonyl (C=O) groups is 2. The zero-order valence-electron chi connectivity index (χ0n) is 14.1. The largest absolute Gasteiger partial charge is 0.493 e. The Morgan fingerprint density at radius 3 is 2.46 bits per heavy atom. The normalized spacial score (nSPS) is 11.7. The van der Waals surface area contributed by atoms with Gasteiger partial charge in [-0.3, -0.25) is 4.79 Å². The number of benzene rings is 2. The van der Waals surface area contributed by atoms with Gasteiger partial charge in [-0.15, -0.1) is 0 Å². The van der Waals surface area contributed by atoms with Gasteiger partial charge in [0.25, 0.3) is 0 Å². The average molecular weight is 398 g/mol. The van der Waals surface area contributed by atoms with Gasteiger partial charge in [0.15, 0.2) is 11.5 Å². The molecule has 0 spiro atoms. The summed E-state index contributed by atoms with van der Waals surface area (Å²) in [6.07, 6.45) is 0. The number of amides is 1. The van der Waals surface area contributed by atoms with Crippen molar-refractivity contribution in [2.75, 3.05) is 7.11 Å². The third-order valence-electron chi connectivity index (χ3n) is 3.85. The van der Waals surface area contributed by atoms with Crippen molar-refractivity contribution in [2.45, 2.75) is 19.4 Å². The predicted molar refractivity (Wildman–Crippen MR) is 98.4 cm³/mol. The first kappa shape index (κ1) is 19.9. The lowest BCUT2D eigenvalue weighted by Crippen LogP contribution is -2.22. The number of carboxylic acid groups (broad SMARTS) is 1. The summed E-state index contributed by atoms with van der Waals surface area (Å²) < 4.78 is 11.1. The second kappa shape index (κ2) is 8.29. The Kier molecular flexibility index (Phi) is 6.34. The molecule has 1 amide bonds. The van der Waals surface area contributed by atoms with Crippen LogP contribution >= 0.6 is 23.2 Å². The fourth-order valence-corrected chi connectivity index (χ4v) is 2.92. The van der Waals surface area contributed by atoms with E-state index in [0.717, 1.165) is 0 Å². The highest BCUT2D eigenvalue weighted by molar-refractivity contribution is 6.35. The molecule has 1 unspecified atom stereocenters. The van der Waals surface area contributed by atoms with E-state index in [1.807, 2.05) is 0 Å². The fourth-order valence-electron chi connectivity index (χ4n) is 2.46. The van der Waals surface area contributed by atoms with Gasteiger partial charge in [0, 0.05) is 21.2 Å². The third-order valence-corrected chi connectivity index (χ3v) is 4.44. The van der Waals surface area contributed by atoms with Crippen molar-refractivity contribution >= 4 is 35.1 Å². The van der Waals surface area contributed by atoms with Gasteiger partial charge in [-0.1, -0.05) is 29.3 Å². The second-order valence-corrected chi connectivity index (χ2v) is 6.36. The molecule has 2 aromatic carbocycles. The Morgan fingerprint density at radius 2 is 1.92 bits per heavy atom. The summed E-state index contributed by atoms with van der Waals surface area (Å²) in [5.41, 5.74) is 6.12. The van der Waals surface area contributed by atoms with Gasteiger partial charge in [-0.2, -0.15) is 0 Å². The maximum atomic E-state index is 11.6. The lowest BCUT2D eigenvalue weighted by molar-refractivity contribution is -0.119. The number of rotatable bonds is 7. The number of methoxy groups -OCH3 is 1. The minimum atomic E-state index is -1.20. The van der Waals surface area contributed by atoms with Crippen LogP contribution in [0.2, 0.25) is 10.0 Å². The van der Waals surface area contributed by atoms with E-state index in [1.165, 1.54) is 26.2 Å². The number of carboxylic acids is 1. The van der Waals surface area contributed by atoms with Crippen molar-refractivity contribution in [3.05, 3.63) is 57.1 Å². The van der Waals surface area contributed by atoms with Gasteiger partial charge in [0.05, 0.1) is 18.6 Å². The molecule has 0 saturated heterocycles. The second-order valence-electron chi connectivity index (χ2n) is 5.51. The highest BCUT2D eigenvalue weighted by atomic mass is 35.5. The highest BCUT2D eigenvalue weighted by Gasteiger charge is 2.26. The molecule has 0 aliphatic rings. The molecule has 0 saturated carbocycles. The third kappa shape index (κ3) is 4.20. The van der Waals surface area contributed by atoms with Crippen molar-refractivity contribution in [2.24, 2.45) is 5.73 Å². The number of aromatic carboxylic acids is 1. The first-order valence-corrected chi connectivity index (χ1v) is 8.32. The SMILES string of the molecule is COc1c(OCc2ccc(Cl)cc2Cl)ccc(C(=O)O)c1C(C)C(N)=O. The molecule has 2 aromatic rings.